The normalized spacial score (nSPS) is 18.0. The number of carbonyl (C=O) groups excluding carboxylic acids is 1. The number of hydrogen-bond acceptors (Lipinski definition) is 5. The molecular formula is C18H21N3O3. The van der Waals surface area contributed by atoms with Crippen LogP contribution in [0.1, 0.15) is 16.1 Å². The van der Waals surface area contributed by atoms with Crippen LogP contribution in [-0.4, -0.2) is 54.2 Å². The molecule has 2 aromatic rings. The lowest BCUT2D eigenvalue weighted by atomic mass is 10.0. The number of rotatable bonds is 4. The number of hydrogen-bond donors (Lipinski definition) is 0. The third-order valence-electron chi connectivity index (χ3n) is 4.08. The Morgan fingerprint density at radius 3 is 2.88 bits per heavy atom. The molecule has 0 saturated carbocycles. The zero-order chi connectivity index (χ0) is 16.8. The van der Waals surface area contributed by atoms with Crippen LogP contribution in [-0.2, 0) is 11.2 Å². The molecule has 0 spiro atoms. The van der Waals surface area contributed by atoms with Gasteiger partial charge in [-0.2, -0.15) is 0 Å². The van der Waals surface area contributed by atoms with Gasteiger partial charge in [-0.15, -0.1) is 0 Å². The van der Waals surface area contributed by atoms with Crippen molar-refractivity contribution >= 4 is 5.91 Å². The van der Waals surface area contributed by atoms with Gasteiger partial charge in [0, 0.05) is 43.2 Å². The first-order valence-electron chi connectivity index (χ1n) is 8.02. The Morgan fingerprint density at radius 2 is 2.17 bits per heavy atom. The summed E-state index contributed by atoms with van der Waals surface area (Å²) in [5.74, 6) is 0.977. The Bertz CT molecular complexity index is 661. The number of ether oxygens (including phenoxy) is 2. The second kappa shape index (κ2) is 7.88. The molecular weight excluding hydrogens is 306 g/mol. The van der Waals surface area contributed by atoms with Crippen molar-refractivity contribution in [3.63, 3.8) is 0 Å². The fourth-order valence-electron chi connectivity index (χ4n) is 2.84. The third kappa shape index (κ3) is 4.08. The molecule has 0 aliphatic carbocycles. The van der Waals surface area contributed by atoms with Crippen molar-refractivity contribution in [2.75, 3.05) is 33.4 Å². The van der Waals surface area contributed by atoms with Gasteiger partial charge in [-0.25, -0.2) is 0 Å². The van der Waals surface area contributed by atoms with Gasteiger partial charge in [-0.3, -0.25) is 14.8 Å². The van der Waals surface area contributed by atoms with Gasteiger partial charge in [-0.05, 0) is 30.7 Å². The van der Waals surface area contributed by atoms with Crippen LogP contribution >= 0.6 is 0 Å². The molecule has 1 amide bonds. The molecule has 1 saturated heterocycles. The number of aromatic nitrogens is 2. The molecule has 1 atom stereocenters. The predicted molar refractivity (Wildman–Crippen MR) is 88.9 cm³/mol. The summed E-state index contributed by atoms with van der Waals surface area (Å²) >= 11 is 0. The highest BCUT2D eigenvalue weighted by Gasteiger charge is 2.24. The summed E-state index contributed by atoms with van der Waals surface area (Å²) in [6, 6.07) is 7.20. The average Bonchev–Trinajstić information content (AvgIpc) is 2.87. The first-order valence-corrected chi connectivity index (χ1v) is 8.02. The number of carbonyl (C=O) groups is 1. The maximum Gasteiger partial charge on any atom is 0.253 e. The molecule has 126 valence electrons. The first kappa shape index (κ1) is 16.4. The van der Waals surface area contributed by atoms with Crippen molar-refractivity contribution in [3.8, 4) is 5.75 Å². The molecule has 1 fully saturated rings. The zero-order valence-corrected chi connectivity index (χ0v) is 13.7. The molecule has 0 radical (unpaired) electrons. The summed E-state index contributed by atoms with van der Waals surface area (Å²) < 4.78 is 10.8. The Kier molecular flexibility index (Phi) is 5.38. The average molecular weight is 327 g/mol. The monoisotopic (exact) mass is 327 g/mol. The fourth-order valence-corrected chi connectivity index (χ4v) is 2.84. The maximum absolute atomic E-state index is 12.8. The summed E-state index contributed by atoms with van der Waals surface area (Å²) in [7, 11) is 1.61. The highest BCUT2D eigenvalue weighted by molar-refractivity contribution is 5.94. The van der Waals surface area contributed by atoms with Crippen molar-refractivity contribution in [1.82, 2.24) is 14.9 Å². The van der Waals surface area contributed by atoms with Crippen LogP contribution in [0.2, 0.25) is 0 Å². The van der Waals surface area contributed by atoms with Crippen LogP contribution in [0.15, 0.2) is 42.9 Å². The van der Waals surface area contributed by atoms with Crippen LogP contribution in [0.4, 0.5) is 0 Å². The van der Waals surface area contributed by atoms with Gasteiger partial charge in [0.1, 0.15) is 5.75 Å². The van der Waals surface area contributed by atoms with E-state index in [1.807, 2.05) is 4.90 Å². The van der Waals surface area contributed by atoms with Crippen LogP contribution in [0, 0.1) is 5.92 Å². The van der Waals surface area contributed by atoms with Crippen molar-refractivity contribution < 1.29 is 14.3 Å². The highest BCUT2D eigenvalue weighted by atomic mass is 16.5. The minimum atomic E-state index is 0.0206. The summed E-state index contributed by atoms with van der Waals surface area (Å²) in [6.45, 7) is 2.44. The zero-order valence-electron chi connectivity index (χ0n) is 13.7. The number of methoxy groups -OCH3 is 1. The van der Waals surface area contributed by atoms with Crippen LogP contribution < -0.4 is 4.74 Å². The van der Waals surface area contributed by atoms with E-state index >= 15 is 0 Å². The Labute approximate surface area is 141 Å². The van der Waals surface area contributed by atoms with Gasteiger partial charge in [0.15, 0.2) is 0 Å². The van der Waals surface area contributed by atoms with Crippen LogP contribution in [0.25, 0.3) is 0 Å². The van der Waals surface area contributed by atoms with Crippen molar-refractivity contribution in [3.05, 3.63) is 54.1 Å². The lowest BCUT2D eigenvalue weighted by Crippen LogP contribution is -2.36. The molecule has 1 unspecified atom stereocenters. The van der Waals surface area contributed by atoms with E-state index < -0.39 is 0 Å². The third-order valence-corrected chi connectivity index (χ3v) is 4.08. The molecule has 6 nitrogen and oxygen atoms in total. The van der Waals surface area contributed by atoms with E-state index in [1.165, 1.54) is 0 Å². The van der Waals surface area contributed by atoms with Crippen LogP contribution in [0.3, 0.4) is 0 Å². The molecule has 2 heterocycles. The summed E-state index contributed by atoms with van der Waals surface area (Å²) in [6.07, 6.45) is 5.86. The topological polar surface area (TPSA) is 64.5 Å². The minimum absolute atomic E-state index is 0.0206. The standard InChI is InChI=1S/C18H21N3O3/c1-23-17-4-2-15(3-5-17)18(22)21-8-9-24-13-14(12-21)10-16-11-19-6-7-20-16/h2-7,11,14H,8-10,12-13H2,1H3. The van der Waals surface area contributed by atoms with Gasteiger partial charge in [0.05, 0.1) is 26.0 Å². The smallest absolute Gasteiger partial charge is 0.253 e. The maximum atomic E-state index is 12.8. The van der Waals surface area contributed by atoms with E-state index in [0.29, 0.717) is 31.9 Å². The van der Waals surface area contributed by atoms with Gasteiger partial charge < -0.3 is 14.4 Å². The number of nitrogens with zero attached hydrogens (tertiary/aromatic N) is 3. The molecule has 24 heavy (non-hydrogen) atoms. The quantitative estimate of drug-likeness (QED) is 0.857. The highest BCUT2D eigenvalue weighted by Crippen LogP contribution is 2.17. The van der Waals surface area contributed by atoms with Crippen molar-refractivity contribution in [1.29, 1.82) is 0 Å². The second-order valence-corrected chi connectivity index (χ2v) is 5.82. The van der Waals surface area contributed by atoms with E-state index in [-0.39, 0.29) is 11.8 Å². The molecule has 0 N–H and O–H groups in total. The Morgan fingerprint density at radius 1 is 1.33 bits per heavy atom. The van der Waals surface area contributed by atoms with Gasteiger partial charge in [-0.1, -0.05) is 0 Å². The second-order valence-electron chi connectivity index (χ2n) is 5.82. The lowest BCUT2D eigenvalue weighted by Gasteiger charge is -2.23. The predicted octanol–water partition coefficient (Wildman–Crippen LogP) is 1.82. The molecule has 0 bridgehead atoms. The fraction of sp³-hybridized carbons (Fsp3) is 0.389. The molecule has 1 aliphatic rings. The summed E-state index contributed by atoms with van der Waals surface area (Å²) in [5, 5.41) is 0. The molecule has 6 heteroatoms. The van der Waals surface area contributed by atoms with E-state index in [0.717, 1.165) is 17.9 Å². The van der Waals surface area contributed by atoms with Gasteiger partial charge >= 0.3 is 0 Å². The summed E-state index contributed by atoms with van der Waals surface area (Å²) in [5.41, 5.74) is 1.58. The van der Waals surface area contributed by atoms with E-state index in [1.54, 1.807) is 50.0 Å². The lowest BCUT2D eigenvalue weighted by molar-refractivity contribution is 0.0737. The molecule has 1 aromatic heterocycles. The first-order chi connectivity index (χ1) is 11.8. The van der Waals surface area contributed by atoms with Crippen LogP contribution in [0.5, 0.6) is 5.75 Å². The van der Waals surface area contributed by atoms with Crippen molar-refractivity contribution in [2.24, 2.45) is 5.92 Å². The molecule has 1 aliphatic heterocycles. The van der Waals surface area contributed by atoms with Crippen molar-refractivity contribution in [2.45, 2.75) is 6.42 Å². The summed E-state index contributed by atoms with van der Waals surface area (Å²) in [4.78, 5) is 23.0. The number of amides is 1. The van der Waals surface area contributed by atoms with E-state index in [9.17, 15) is 4.79 Å². The van der Waals surface area contributed by atoms with E-state index in [2.05, 4.69) is 9.97 Å². The SMILES string of the molecule is COc1ccc(C(=O)N2CCOCC(Cc3cnccn3)C2)cc1. The Hall–Kier alpha value is -2.47. The largest absolute Gasteiger partial charge is 0.497 e. The Balaban J connectivity index is 1.68. The molecule has 1 aromatic carbocycles. The van der Waals surface area contributed by atoms with E-state index in [4.69, 9.17) is 9.47 Å². The van der Waals surface area contributed by atoms with Gasteiger partial charge in [0.25, 0.3) is 5.91 Å². The minimum Gasteiger partial charge on any atom is -0.497 e. The van der Waals surface area contributed by atoms with Gasteiger partial charge in [0.2, 0.25) is 0 Å². The molecule has 3 rings (SSSR count). The number of benzene rings is 1.